The van der Waals surface area contributed by atoms with E-state index in [9.17, 15) is 9.59 Å². The maximum Gasteiger partial charge on any atom is 0.305 e. The second kappa shape index (κ2) is 7.93. The van der Waals surface area contributed by atoms with Gasteiger partial charge in [-0.1, -0.05) is 11.8 Å². The average molecular weight is 465 g/mol. The highest BCUT2D eigenvalue weighted by molar-refractivity contribution is 9.11. The van der Waals surface area contributed by atoms with Gasteiger partial charge >= 0.3 is 5.97 Å². The number of ether oxygens (including phenoxy) is 1. The summed E-state index contributed by atoms with van der Waals surface area (Å²) in [5.74, 6) is -0.736. The van der Waals surface area contributed by atoms with Gasteiger partial charge < -0.3 is 15.2 Å². The molecule has 0 saturated carbocycles. The van der Waals surface area contributed by atoms with E-state index < -0.39 is 11.2 Å². The number of carbonyl (C=O) groups excluding carboxylic acids is 1. The molecule has 1 atom stereocenters. The Balaban J connectivity index is 2.07. The van der Waals surface area contributed by atoms with E-state index in [2.05, 4.69) is 47.4 Å². The van der Waals surface area contributed by atoms with Crippen molar-refractivity contribution < 1.29 is 19.4 Å². The Hall–Kier alpha value is -1.39. The third-order valence-electron chi connectivity index (χ3n) is 2.72. The first-order valence-corrected chi connectivity index (χ1v) is 8.70. The van der Waals surface area contributed by atoms with Crippen molar-refractivity contribution >= 4 is 66.9 Å². The fourth-order valence-corrected chi connectivity index (χ4v) is 4.20. The predicted molar refractivity (Wildman–Crippen MR) is 95.2 cm³/mol. The maximum absolute atomic E-state index is 11.6. The lowest BCUT2D eigenvalue weighted by Gasteiger charge is -2.06. The minimum atomic E-state index is -1.03. The summed E-state index contributed by atoms with van der Waals surface area (Å²) in [5, 5.41) is 18.6. The number of nitrogens with zero attached hydrogens (tertiary/aromatic N) is 2. The summed E-state index contributed by atoms with van der Waals surface area (Å²) in [6.07, 6.45) is 1.26. The molecule has 1 fully saturated rings. The number of rotatable bonds is 5. The van der Waals surface area contributed by atoms with Gasteiger partial charge in [-0.3, -0.25) is 9.59 Å². The van der Waals surface area contributed by atoms with Crippen molar-refractivity contribution in [3.63, 3.8) is 0 Å². The van der Waals surface area contributed by atoms with Crippen LogP contribution in [0.25, 0.3) is 0 Å². The van der Waals surface area contributed by atoms with Crippen LogP contribution in [0.4, 0.5) is 0 Å². The Kier molecular flexibility index (Phi) is 6.19. The van der Waals surface area contributed by atoms with Gasteiger partial charge in [-0.05, 0) is 49.6 Å². The van der Waals surface area contributed by atoms with Gasteiger partial charge in [0.1, 0.15) is 11.0 Å². The highest BCUT2D eigenvalue weighted by Crippen LogP contribution is 2.34. The molecule has 1 saturated heterocycles. The van der Waals surface area contributed by atoms with Gasteiger partial charge in [0.05, 0.1) is 28.7 Å². The van der Waals surface area contributed by atoms with Crippen LogP contribution in [-0.2, 0) is 9.59 Å². The van der Waals surface area contributed by atoms with Gasteiger partial charge in [0.2, 0.25) is 5.91 Å². The number of halogens is 2. The zero-order valence-corrected chi connectivity index (χ0v) is 15.7. The lowest BCUT2D eigenvalue weighted by molar-refractivity contribution is -0.138. The summed E-state index contributed by atoms with van der Waals surface area (Å²) < 4.78 is 6.72. The number of amides is 1. The van der Waals surface area contributed by atoms with E-state index in [-0.39, 0.29) is 17.5 Å². The third kappa shape index (κ3) is 4.79. The standard InChI is InChI=1S/C13H11Br2N3O4S/c1-22-11-7(14)2-6(3-8(11)15)5-16-18-13-17-12(21)9(23-13)4-10(19)20/h2-3,5,9H,4H2,1H3,(H,19,20)(H,17,18,21)/b16-5+. The summed E-state index contributed by atoms with van der Waals surface area (Å²) in [7, 11) is 1.57. The molecule has 0 radical (unpaired) electrons. The molecule has 10 heteroatoms. The second-order valence-electron chi connectivity index (χ2n) is 4.36. The number of benzene rings is 1. The molecule has 1 heterocycles. The number of nitrogens with one attached hydrogen (secondary N) is 1. The van der Waals surface area contributed by atoms with Gasteiger partial charge in [-0.15, -0.1) is 5.10 Å². The smallest absolute Gasteiger partial charge is 0.305 e. The van der Waals surface area contributed by atoms with Crippen molar-refractivity contribution in [3.05, 3.63) is 26.6 Å². The molecule has 1 amide bonds. The number of carboxylic acid groups (broad SMARTS) is 1. The molecule has 1 aliphatic heterocycles. The molecule has 1 aromatic rings. The van der Waals surface area contributed by atoms with E-state index in [4.69, 9.17) is 9.84 Å². The predicted octanol–water partition coefficient (Wildman–Crippen LogP) is 2.62. The molecular weight excluding hydrogens is 454 g/mol. The summed E-state index contributed by atoms with van der Waals surface area (Å²) in [6, 6.07) is 3.61. The maximum atomic E-state index is 11.6. The van der Waals surface area contributed by atoms with Crippen LogP contribution in [0.1, 0.15) is 12.0 Å². The normalized spacial score (nSPS) is 19.3. The largest absolute Gasteiger partial charge is 0.494 e. The molecule has 0 spiro atoms. The van der Waals surface area contributed by atoms with E-state index in [1.54, 1.807) is 19.2 Å². The zero-order chi connectivity index (χ0) is 17.0. The Labute approximate surface area is 152 Å². The van der Waals surface area contributed by atoms with Crippen molar-refractivity contribution in [2.75, 3.05) is 7.11 Å². The molecule has 122 valence electrons. The van der Waals surface area contributed by atoms with Crippen molar-refractivity contribution in [1.29, 1.82) is 0 Å². The van der Waals surface area contributed by atoms with Crippen LogP contribution in [0.15, 0.2) is 31.3 Å². The van der Waals surface area contributed by atoms with Gasteiger partial charge in [0.15, 0.2) is 5.17 Å². The Bertz CT molecular complexity index is 685. The summed E-state index contributed by atoms with van der Waals surface area (Å²) in [6.45, 7) is 0. The van der Waals surface area contributed by atoms with Crippen LogP contribution >= 0.6 is 43.6 Å². The quantitative estimate of drug-likeness (QED) is 0.515. The lowest BCUT2D eigenvalue weighted by Crippen LogP contribution is -2.26. The average Bonchev–Trinajstić information content (AvgIpc) is 2.78. The number of carbonyl (C=O) groups is 2. The molecule has 7 nitrogen and oxygen atoms in total. The van der Waals surface area contributed by atoms with Crippen LogP contribution < -0.4 is 10.1 Å². The van der Waals surface area contributed by atoms with Crippen LogP contribution in [0.5, 0.6) is 5.75 Å². The summed E-state index contributed by atoms with van der Waals surface area (Å²) in [4.78, 5) is 22.2. The highest BCUT2D eigenvalue weighted by atomic mass is 79.9. The van der Waals surface area contributed by atoms with Gasteiger partial charge in [0, 0.05) is 0 Å². The molecule has 2 rings (SSSR count). The fourth-order valence-electron chi connectivity index (χ4n) is 1.74. The monoisotopic (exact) mass is 463 g/mol. The van der Waals surface area contributed by atoms with Crippen molar-refractivity contribution in [2.24, 2.45) is 10.2 Å². The fraction of sp³-hybridized carbons (Fsp3) is 0.231. The van der Waals surface area contributed by atoms with Crippen molar-refractivity contribution in [1.82, 2.24) is 5.32 Å². The molecule has 1 unspecified atom stereocenters. The molecular formula is C13H11Br2N3O4S. The van der Waals surface area contributed by atoms with E-state index in [1.807, 2.05) is 0 Å². The Morgan fingerprint density at radius 1 is 1.48 bits per heavy atom. The van der Waals surface area contributed by atoms with E-state index >= 15 is 0 Å². The van der Waals surface area contributed by atoms with Crippen molar-refractivity contribution in [3.8, 4) is 5.75 Å². The number of hydrogen-bond donors (Lipinski definition) is 2. The van der Waals surface area contributed by atoms with Gasteiger partial charge in [-0.25, -0.2) is 0 Å². The molecule has 0 aromatic heterocycles. The molecule has 1 aliphatic rings. The Morgan fingerprint density at radius 3 is 2.70 bits per heavy atom. The molecule has 23 heavy (non-hydrogen) atoms. The SMILES string of the molecule is COc1c(Br)cc(/C=N/N=C2\NC(=O)C(CC(=O)O)S2)cc1Br. The molecule has 2 N–H and O–H groups in total. The van der Waals surface area contributed by atoms with E-state index in [0.29, 0.717) is 5.75 Å². The minimum absolute atomic E-state index is 0.252. The number of carboxylic acids is 1. The summed E-state index contributed by atoms with van der Waals surface area (Å²) in [5.41, 5.74) is 0.769. The zero-order valence-electron chi connectivity index (χ0n) is 11.7. The van der Waals surface area contributed by atoms with Crippen molar-refractivity contribution in [2.45, 2.75) is 11.7 Å². The van der Waals surface area contributed by atoms with Gasteiger partial charge in [0.25, 0.3) is 0 Å². The minimum Gasteiger partial charge on any atom is -0.494 e. The van der Waals surface area contributed by atoms with Crippen LogP contribution in [0, 0.1) is 0 Å². The first kappa shape index (κ1) is 18.0. The molecule has 0 aliphatic carbocycles. The topological polar surface area (TPSA) is 100 Å². The molecule has 1 aromatic carbocycles. The number of aliphatic carboxylic acids is 1. The van der Waals surface area contributed by atoms with Crippen LogP contribution in [-0.4, -0.2) is 40.7 Å². The first-order chi connectivity index (χ1) is 10.9. The Morgan fingerprint density at radius 2 is 2.13 bits per heavy atom. The van der Waals surface area contributed by atoms with Gasteiger partial charge in [-0.2, -0.15) is 5.10 Å². The highest BCUT2D eigenvalue weighted by Gasteiger charge is 2.32. The van der Waals surface area contributed by atoms with E-state index in [1.165, 1.54) is 6.21 Å². The third-order valence-corrected chi connectivity index (χ3v) is 4.97. The van der Waals surface area contributed by atoms with Crippen LogP contribution in [0.3, 0.4) is 0 Å². The number of amidine groups is 1. The van der Waals surface area contributed by atoms with E-state index in [0.717, 1.165) is 26.3 Å². The second-order valence-corrected chi connectivity index (χ2v) is 7.26. The summed E-state index contributed by atoms with van der Waals surface area (Å²) >= 11 is 7.82. The van der Waals surface area contributed by atoms with Crippen LogP contribution in [0.2, 0.25) is 0 Å². The number of thioether (sulfide) groups is 1. The number of methoxy groups -OCH3 is 1. The first-order valence-electron chi connectivity index (χ1n) is 6.24. The lowest BCUT2D eigenvalue weighted by atomic mass is 10.2. The molecule has 0 bridgehead atoms. The number of hydrogen-bond acceptors (Lipinski definition) is 6.